The van der Waals surface area contributed by atoms with Crippen molar-refractivity contribution < 1.29 is 4.39 Å². The van der Waals surface area contributed by atoms with E-state index in [4.69, 9.17) is 11.6 Å². The number of benzene rings is 1. The van der Waals surface area contributed by atoms with E-state index in [2.05, 4.69) is 9.97 Å². The van der Waals surface area contributed by atoms with Crippen LogP contribution in [0.25, 0.3) is 11.3 Å². The fourth-order valence-corrected chi connectivity index (χ4v) is 1.79. The van der Waals surface area contributed by atoms with E-state index < -0.39 is 0 Å². The average Bonchev–Trinajstić information content (AvgIpc) is 2.14. The molecule has 0 amide bonds. The minimum atomic E-state index is -0.276. The SMILES string of the molecule is Cc1cc(F)cc(-c2cc(Cl)nc(C)n2)c1. The molecule has 0 aliphatic carbocycles. The van der Waals surface area contributed by atoms with E-state index in [1.54, 1.807) is 13.0 Å². The van der Waals surface area contributed by atoms with Gasteiger partial charge in [-0.15, -0.1) is 0 Å². The summed E-state index contributed by atoms with van der Waals surface area (Å²) in [5.41, 5.74) is 2.20. The van der Waals surface area contributed by atoms with Crippen molar-refractivity contribution in [3.63, 3.8) is 0 Å². The van der Waals surface area contributed by atoms with Gasteiger partial charge in [-0.05, 0) is 37.6 Å². The van der Waals surface area contributed by atoms with Crippen LogP contribution in [0.3, 0.4) is 0 Å². The smallest absolute Gasteiger partial charge is 0.133 e. The second kappa shape index (κ2) is 4.18. The molecule has 0 spiro atoms. The van der Waals surface area contributed by atoms with Gasteiger partial charge < -0.3 is 0 Å². The maximum absolute atomic E-state index is 13.2. The summed E-state index contributed by atoms with van der Waals surface area (Å²) in [6, 6.07) is 6.40. The van der Waals surface area contributed by atoms with E-state index in [0.29, 0.717) is 22.2 Å². The van der Waals surface area contributed by atoms with Crippen LogP contribution in [0.2, 0.25) is 5.15 Å². The summed E-state index contributed by atoms with van der Waals surface area (Å²) in [6.07, 6.45) is 0. The Hall–Kier alpha value is -1.48. The third kappa shape index (κ3) is 2.36. The summed E-state index contributed by atoms with van der Waals surface area (Å²) in [6.45, 7) is 3.59. The molecule has 82 valence electrons. The molecule has 0 bridgehead atoms. The van der Waals surface area contributed by atoms with E-state index in [-0.39, 0.29) is 5.82 Å². The molecule has 0 unspecified atom stereocenters. The molecule has 0 saturated carbocycles. The van der Waals surface area contributed by atoms with Crippen molar-refractivity contribution in [3.8, 4) is 11.3 Å². The van der Waals surface area contributed by atoms with Crippen molar-refractivity contribution in [2.75, 3.05) is 0 Å². The van der Waals surface area contributed by atoms with Gasteiger partial charge in [0, 0.05) is 11.6 Å². The Morgan fingerprint density at radius 3 is 2.44 bits per heavy atom. The number of halogens is 2. The van der Waals surface area contributed by atoms with Crippen LogP contribution in [-0.2, 0) is 0 Å². The van der Waals surface area contributed by atoms with Crippen molar-refractivity contribution in [2.45, 2.75) is 13.8 Å². The summed E-state index contributed by atoms with van der Waals surface area (Å²) in [4.78, 5) is 8.19. The Kier molecular flexibility index (Phi) is 2.88. The van der Waals surface area contributed by atoms with E-state index in [9.17, 15) is 4.39 Å². The van der Waals surface area contributed by atoms with E-state index in [1.165, 1.54) is 12.1 Å². The molecule has 16 heavy (non-hydrogen) atoms. The summed E-state index contributed by atoms with van der Waals surface area (Å²) in [7, 11) is 0. The van der Waals surface area contributed by atoms with Crippen LogP contribution in [0.4, 0.5) is 4.39 Å². The number of rotatable bonds is 1. The van der Waals surface area contributed by atoms with Crippen LogP contribution in [0.1, 0.15) is 11.4 Å². The number of nitrogens with zero attached hydrogens (tertiary/aromatic N) is 2. The van der Waals surface area contributed by atoms with Crippen LogP contribution in [0.5, 0.6) is 0 Å². The number of hydrogen-bond donors (Lipinski definition) is 0. The molecule has 2 nitrogen and oxygen atoms in total. The van der Waals surface area contributed by atoms with Crippen LogP contribution >= 0.6 is 11.6 Å². The van der Waals surface area contributed by atoms with Crippen molar-refractivity contribution in [1.82, 2.24) is 9.97 Å². The predicted molar refractivity (Wildman–Crippen MR) is 61.9 cm³/mol. The molecular formula is C12H10ClFN2. The molecule has 0 aliphatic rings. The third-order valence-electron chi connectivity index (χ3n) is 2.14. The Balaban J connectivity index is 2.57. The van der Waals surface area contributed by atoms with Gasteiger partial charge in [0.15, 0.2) is 0 Å². The number of aromatic nitrogens is 2. The summed E-state index contributed by atoms with van der Waals surface area (Å²) >= 11 is 5.83. The van der Waals surface area contributed by atoms with Gasteiger partial charge in [0.2, 0.25) is 0 Å². The minimum Gasteiger partial charge on any atom is -0.233 e. The van der Waals surface area contributed by atoms with Crippen molar-refractivity contribution in [3.05, 3.63) is 46.6 Å². The topological polar surface area (TPSA) is 25.8 Å². The Bertz CT molecular complexity index is 451. The van der Waals surface area contributed by atoms with Crippen LogP contribution in [0.15, 0.2) is 24.3 Å². The van der Waals surface area contributed by atoms with Crippen molar-refractivity contribution in [1.29, 1.82) is 0 Å². The average molecular weight is 237 g/mol. The number of aryl methyl sites for hydroxylation is 2. The van der Waals surface area contributed by atoms with E-state index >= 15 is 0 Å². The second-order valence-electron chi connectivity index (χ2n) is 3.64. The van der Waals surface area contributed by atoms with Crippen LogP contribution < -0.4 is 0 Å². The Morgan fingerprint density at radius 2 is 1.81 bits per heavy atom. The lowest BCUT2D eigenvalue weighted by molar-refractivity contribution is 0.627. The van der Waals surface area contributed by atoms with Gasteiger partial charge in [-0.2, -0.15) is 0 Å². The molecule has 1 aromatic carbocycles. The van der Waals surface area contributed by atoms with E-state index in [0.717, 1.165) is 5.56 Å². The molecule has 0 atom stereocenters. The maximum atomic E-state index is 13.2. The molecule has 2 aromatic rings. The zero-order valence-corrected chi connectivity index (χ0v) is 9.72. The lowest BCUT2D eigenvalue weighted by Gasteiger charge is -2.04. The van der Waals surface area contributed by atoms with Crippen LogP contribution in [0, 0.1) is 19.7 Å². The highest BCUT2D eigenvalue weighted by Crippen LogP contribution is 2.22. The molecule has 0 aliphatic heterocycles. The lowest BCUT2D eigenvalue weighted by atomic mass is 10.1. The number of hydrogen-bond acceptors (Lipinski definition) is 2. The molecule has 2 rings (SSSR count). The fourth-order valence-electron chi connectivity index (χ4n) is 1.56. The molecule has 0 radical (unpaired) electrons. The largest absolute Gasteiger partial charge is 0.233 e. The quantitative estimate of drug-likeness (QED) is 0.708. The first-order chi connectivity index (χ1) is 7.54. The zero-order valence-electron chi connectivity index (χ0n) is 8.96. The maximum Gasteiger partial charge on any atom is 0.133 e. The third-order valence-corrected chi connectivity index (χ3v) is 2.34. The summed E-state index contributed by atoms with van der Waals surface area (Å²) < 4.78 is 13.2. The molecule has 1 aromatic heterocycles. The fraction of sp³-hybridized carbons (Fsp3) is 0.167. The van der Waals surface area contributed by atoms with Gasteiger partial charge in [0.05, 0.1) is 5.69 Å². The zero-order chi connectivity index (χ0) is 11.7. The minimum absolute atomic E-state index is 0.276. The highest BCUT2D eigenvalue weighted by atomic mass is 35.5. The first kappa shape index (κ1) is 11.0. The Labute approximate surface area is 98.1 Å². The molecular weight excluding hydrogens is 227 g/mol. The lowest BCUT2D eigenvalue weighted by Crippen LogP contribution is -1.92. The first-order valence-electron chi connectivity index (χ1n) is 4.83. The standard InChI is InChI=1S/C12H10ClFN2/c1-7-3-9(5-10(14)4-7)11-6-12(13)16-8(2)15-11/h3-6H,1-2H3. The van der Waals surface area contributed by atoms with Crippen molar-refractivity contribution >= 4 is 11.6 Å². The van der Waals surface area contributed by atoms with Gasteiger partial charge in [-0.25, -0.2) is 14.4 Å². The molecule has 0 fully saturated rings. The molecule has 4 heteroatoms. The highest BCUT2D eigenvalue weighted by Gasteiger charge is 2.05. The van der Waals surface area contributed by atoms with Gasteiger partial charge in [-0.3, -0.25) is 0 Å². The van der Waals surface area contributed by atoms with Crippen molar-refractivity contribution in [2.24, 2.45) is 0 Å². The van der Waals surface area contributed by atoms with E-state index in [1.807, 2.05) is 13.0 Å². The van der Waals surface area contributed by atoms with Crippen LogP contribution in [-0.4, -0.2) is 9.97 Å². The second-order valence-corrected chi connectivity index (χ2v) is 4.03. The normalized spacial score (nSPS) is 10.5. The predicted octanol–water partition coefficient (Wildman–Crippen LogP) is 3.55. The first-order valence-corrected chi connectivity index (χ1v) is 5.21. The summed E-state index contributed by atoms with van der Waals surface area (Å²) in [5.74, 6) is 0.298. The molecule has 0 N–H and O–H groups in total. The van der Waals surface area contributed by atoms with Gasteiger partial charge in [0.1, 0.15) is 16.8 Å². The highest BCUT2D eigenvalue weighted by molar-refractivity contribution is 6.29. The van der Waals surface area contributed by atoms with Gasteiger partial charge in [0.25, 0.3) is 0 Å². The van der Waals surface area contributed by atoms with Gasteiger partial charge in [-0.1, -0.05) is 11.6 Å². The molecule has 1 heterocycles. The summed E-state index contributed by atoms with van der Waals surface area (Å²) in [5, 5.41) is 0.365. The molecule has 0 saturated heterocycles. The van der Waals surface area contributed by atoms with Gasteiger partial charge >= 0.3 is 0 Å². The Morgan fingerprint density at radius 1 is 1.06 bits per heavy atom. The monoisotopic (exact) mass is 236 g/mol.